The maximum Gasteiger partial charge on any atom is 0.234 e. The Morgan fingerprint density at radius 1 is 1.03 bits per heavy atom. The van der Waals surface area contributed by atoms with E-state index in [1.54, 1.807) is 40.9 Å². The molecule has 0 unspecified atom stereocenters. The molecule has 1 amide bonds. The number of nitrogens with one attached hydrogen (secondary N) is 1. The minimum absolute atomic E-state index is 0.135. The predicted molar refractivity (Wildman–Crippen MR) is 131 cm³/mol. The number of thioether (sulfide) groups is 2. The van der Waals surface area contributed by atoms with Gasteiger partial charge in [-0.05, 0) is 48.5 Å². The zero-order valence-corrected chi connectivity index (χ0v) is 19.2. The molecule has 0 aliphatic rings. The van der Waals surface area contributed by atoms with Crippen LogP contribution >= 0.6 is 23.5 Å². The average Bonchev–Trinajstić information content (AvgIpc) is 3.27. The van der Waals surface area contributed by atoms with E-state index in [9.17, 15) is 9.18 Å². The number of hydrogen-bond donors (Lipinski definition) is 1. The van der Waals surface area contributed by atoms with Crippen LogP contribution in [0.5, 0.6) is 0 Å². The van der Waals surface area contributed by atoms with Crippen LogP contribution in [0.15, 0.2) is 95.8 Å². The van der Waals surface area contributed by atoms with E-state index in [4.69, 9.17) is 0 Å². The second-order valence-corrected chi connectivity index (χ2v) is 8.79. The number of halogens is 1. The Kier molecular flexibility index (Phi) is 7.54. The summed E-state index contributed by atoms with van der Waals surface area (Å²) in [5.74, 6) is 0.971. The van der Waals surface area contributed by atoms with Crippen molar-refractivity contribution in [3.8, 4) is 17.1 Å². The van der Waals surface area contributed by atoms with Gasteiger partial charge in [-0.1, -0.05) is 30.0 Å². The largest absolute Gasteiger partial charge is 0.324 e. The molecule has 0 atom stereocenters. The topological polar surface area (TPSA) is 72.7 Å². The van der Waals surface area contributed by atoms with Gasteiger partial charge in [-0.15, -0.1) is 28.5 Å². The summed E-state index contributed by atoms with van der Waals surface area (Å²) >= 11 is 2.86. The Hall–Kier alpha value is -3.43. The summed E-state index contributed by atoms with van der Waals surface area (Å²) in [6.45, 7) is 3.74. The third kappa shape index (κ3) is 5.68. The molecule has 2 aromatic carbocycles. The summed E-state index contributed by atoms with van der Waals surface area (Å²) in [7, 11) is 0. The van der Waals surface area contributed by atoms with Crippen LogP contribution in [0.1, 0.15) is 0 Å². The molecule has 0 saturated carbocycles. The predicted octanol–water partition coefficient (Wildman–Crippen LogP) is 5.48. The quantitative estimate of drug-likeness (QED) is 0.254. The molecule has 0 radical (unpaired) electrons. The van der Waals surface area contributed by atoms with Crippen molar-refractivity contribution in [1.82, 2.24) is 19.7 Å². The van der Waals surface area contributed by atoms with Gasteiger partial charge in [0.05, 0.1) is 11.4 Å². The summed E-state index contributed by atoms with van der Waals surface area (Å²) in [5.41, 5.74) is 2.26. The van der Waals surface area contributed by atoms with Crippen molar-refractivity contribution in [3.05, 3.63) is 91.5 Å². The van der Waals surface area contributed by atoms with Gasteiger partial charge in [-0.25, -0.2) is 4.39 Å². The third-order valence-corrected chi connectivity index (χ3v) is 6.51. The SMILES string of the molecule is C=CCSc1ccccc1NC(=O)CSc1nnc(-c2ccncc2)n1-c1ccc(F)cc1. The highest BCUT2D eigenvalue weighted by Gasteiger charge is 2.18. The Balaban J connectivity index is 1.55. The molecule has 4 aromatic rings. The normalized spacial score (nSPS) is 10.7. The summed E-state index contributed by atoms with van der Waals surface area (Å²) in [6.07, 6.45) is 5.16. The molecule has 2 heterocycles. The Morgan fingerprint density at radius 3 is 2.55 bits per heavy atom. The number of para-hydroxylation sites is 1. The Bertz CT molecular complexity index is 1250. The molecule has 0 bridgehead atoms. The molecule has 0 spiro atoms. The monoisotopic (exact) mass is 477 g/mol. The highest BCUT2D eigenvalue weighted by molar-refractivity contribution is 8.00. The molecule has 2 aromatic heterocycles. The highest BCUT2D eigenvalue weighted by Crippen LogP contribution is 2.29. The lowest BCUT2D eigenvalue weighted by atomic mass is 10.2. The van der Waals surface area contributed by atoms with Gasteiger partial charge < -0.3 is 5.32 Å². The van der Waals surface area contributed by atoms with E-state index in [1.807, 2.05) is 42.5 Å². The van der Waals surface area contributed by atoms with E-state index in [0.717, 1.165) is 21.9 Å². The summed E-state index contributed by atoms with van der Waals surface area (Å²) < 4.78 is 15.3. The fourth-order valence-corrected chi connectivity index (χ4v) is 4.53. The first-order chi connectivity index (χ1) is 16.2. The Labute approximate surface area is 199 Å². The van der Waals surface area contributed by atoms with Crippen molar-refractivity contribution in [2.24, 2.45) is 0 Å². The van der Waals surface area contributed by atoms with Crippen LogP contribution in [0.2, 0.25) is 0 Å². The van der Waals surface area contributed by atoms with Gasteiger partial charge in [0, 0.05) is 34.3 Å². The van der Waals surface area contributed by atoms with Crippen LogP contribution < -0.4 is 5.32 Å². The van der Waals surface area contributed by atoms with Crippen molar-refractivity contribution < 1.29 is 9.18 Å². The van der Waals surface area contributed by atoms with Gasteiger partial charge in [0.25, 0.3) is 0 Å². The van der Waals surface area contributed by atoms with E-state index < -0.39 is 0 Å². The van der Waals surface area contributed by atoms with Gasteiger partial charge in [0.15, 0.2) is 11.0 Å². The van der Waals surface area contributed by atoms with Gasteiger partial charge >= 0.3 is 0 Å². The first kappa shape index (κ1) is 22.8. The highest BCUT2D eigenvalue weighted by atomic mass is 32.2. The van der Waals surface area contributed by atoms with Crippen molar-refractivity contribution in [1.29, 1.82) is 0 Å². The van der Waals surface area contributed by atoms with Crippen molar-refractivity contribution >= 4 is 35.1 Å². The fraction of sp³-hybridized carbons (Fsp3) is 0.0833. The molecular weight excluding hydrogens is 457 g/mol. The Morgan fingerprint density at radius 2 is 1.79 bits per heavy atom. The van der Waals surface area contributed by atoms with Crippen molar-refractivity contribution in [2.45, 2.75) is 10.1 Å². The number of carbonyl (C=O) groups excluding carboxylic acids is 1. The number of pyridine rings is 1. The molecule has 0 aliphatic carbocycles. The lowest BCUT2D eigenvalue weighted by Crippen LogP contribution is -2.15. The molecule has 1 N–H and O–H groups in total. The van der Waals surface area contributed by atoms with Crippen LogP contribution in [0, 0.1) is 5.82 Å². The first-order valence-corrected chi connectivity index (χ1v) is 12.0. The first-order valence-electron chi connectivity index (χ1n) is 10.0. The van der Waals surface area contributed by atoms with E-state index in [1.165, 1.54) is 23.9 Å². The van der Waals surface area contributed by atoms with Crippen LogP contribution in [-0.2, 0) is 4.79 Å². The van der Waals surface area contributed by atoms with E-state index in [2.05, 4.69) is 27.1 Å². The maximum atomic E-state index is 13.5. The summed E-state index contributed by atoms with van der Waals surface area (Å²) in [6, 6.07) is 17.4. The van der Waals surface area contributed by atoms with E-state index in [0.29, 0.717) is 16.7 Å². The van der Waals surface area contributed by atoms with Crippen LogP contribution in [0.4, 0.5) is 10.1 Å². The molecular formula is C24H20FN5OS2. The number of aromatic nitrogens is 4. The molecule has 6 nitrogen and oxygen atoms in total. The summed E-state index contributed by atoms with van der Waals surface area (Å²) in [4.78, 5) is 17.7. The molecule has 0 fully saturated rings. The molecule has 166 valence electrons. The van der Waals surface area contributed by atoms with Crippen molar-refractivity contribution in [3.63, 3.8) is 0 Å². The molecule has 9 heteroatoms. The van der Waals surface area contributed by atoms with Crippen LogP contribution in [0.3, 0.4) is 0 Å². The minimum Gasteiger partial charge on any atom is -0.324 e. The number of anilines is 1. The van der Waals surface area contributed by atoms with Crippen molar-refractivity contribution in [2.75, 3.05) is 16.8 Å². The molecule has 0 saturated heterocycles. The number of hydrogen-bond acceptors (Lipinski definition) is 6. The molecule has 33 heavy (non-hydrogen) atoms. The van der Waals surface area contributed by atoms with Gasteiger partial charge in [0.2, 0.25) is 5.91 Å². The second-order valence-electron chi connectivity index (χ2n) is 6.79. The van der Waals surface area contributed by atoms with Crippen LogP contribution in [-0.4, -0.2) is 37.2 Å². The number of nitrogens with zero attached hydrogens (tertiary/aromatic N) is 4. The maximum absolute atomic E-state index is 13.5. The zero-order valence-electron chi connectivity index (χ0n) is 17.5. The van der Waals surface area contributed by atoms with Gasteiger partial charge in [-0.3, -0.25) is 14.3 Å². The number of amides is 1. The third-order valence-electron chi connectivity index (χ3n) is 4.51. The van der Waals surface area contributed by atoms with Gasteiger partial charge in [-0.2, -0.15) is 0 Å². The summed E-state index contributed by atoms with van der Waals surface area (Å²) in [5, 5.41) is 12.1. The smallest absolute Gasteiger partial charge is 0.234 e. The molecule has 0 aliphatic heterocycles. The molecule has 4 rings (SSSR count). The lowest BCUT2D eigenvalue weighted by Gasteiger charge is -2.11. The standard InChI is InChI=1S/C24H20FN5OS2/c1-2-15-32-21-6-4-3-5-20(21)27-22(31)16-33-24-29-28-23(17-11-13-26-14-12-17)30(24)19-9-7-18(25)8-10-19/h2-14H,1,15-16H2,(H,27,31). The number of benzene rings is 2. The zero-order chi connectivity index (χ0) is 23.0. The number of carbonyl (C=O) groups is 1. The fourth-order valence-electron chi connectivity index (χ4n) is 3.04. The lowest BCUT2D eigenvalue weighted by molar-refractivity contribution is -0.113. The second kappa shape index (κ2) is 10.9. The number of rotatable bonds is 9. The van der Waals surface area contributed by atoms with Crippen LogP contribution in [0.25, 0.3) is 17.1 Å². The van der Waals surface area contributed by atoms with E-state index >= 15 is 0 Å². The average molecular weight is 478 g/mol. The van der Waals surface area contributed by atoms with E-state index in [-0.39, 0.29) is 17.5 Å². The minimum atomic E-state index is -0.334. The van der Waals surface area contributed by atoms with Gasteiger partial charge in [0.1, 0.15) is 5.82 Å².